The molecule has 1 saturated heterocycles. The number of nitrogens with one attached hydrogen (secondary N) is 1. The maximum Gasteiger partial charge on any atom is 0.243 e. The van der Waals surface area contributed by atoms with Crippen molar-refractivity contribution in [3.63, 3.8) is 0 Å². The first kappa shape index (κ1) is 21.6. The normalized spacial score (nSPS) is 26.8. The molecule has 1 aromatic carbocycles. The van der Waals surface area contributed by atoms with E-state index < -0.39 is 10.0 Å². The molecule has 1 N–H and O–H groups in total. The Labute approximate surface area is 172 Å². The fourth-order valence-corrected chi connectivity index (χ4v) is 6.20. The first-order valence-electron chi connectivity index (χ1n) is 9.91. The Bertz CT molecular complexity index is 814. The van der Waals surface area contributed by atoms with Crippen molar-refractivity contribution in [3.8, 4) is 0 Å². The largest absolute Gasteiger partial charge is 0.381 e. The molecule has 8 heteroatoms. The highest BCUT2D eigenvalue weighted by Crippen LogP contribution is 2.29. The molecular formula is C20H29ClN2O4S. The number of ether oxygens (including phenoxy) is 1. The Kier molecular flexibility index (Phi) is 7.02. The van der Waals surface area contributed by atoms with E-state index in [9.17, 15) is 13.2 Å². The number of hydrogen-bond donors (Lipinski definition) is 1. The number of sulfonamides is 1. The molecule has 28 heavy (non-hydrogen) atoms. The van der Waals surface area contributed by atoms with Crippen LogP contribution in [-0.4, -0.2) is 51.0 Å². The fourth-order valence-electron chi connectivity index (χ4n) is 4.20. The van der Waals surface area contributed by atoms with E-state index in [1.54, 1.807) is 32.2 Å². The summed E-state index contributed by atoms with van der Waals surface area (Å²) in [5.74, 6) is -0.0363. The number of hydrogen-bond acceptors (Lipinski definition) is 4. The molecule has 3 atom stereocenters. The van der Waals surface area contributed by atoms with E-state index in [1.807, 2.05) is 0 Å². The molecule has 0 aromatic heterocycles. The molecule has 2 aliphatic rings. The van der Waals surface area contributed by atoms with Gasteiger partial charge < -0.3 is 10.1 Å². The third-order valence-electron chi connectivity index (χ3n) is 5.90. The van der Waals surface area contributed by atoms with Crippen molar-refractivity contribution in [2.45, 2.75) is 62.5 Å². The molecule has 1 aliphatic carbocycles. The van der Waals surface area contributed by atoms with Crippen molar-refractivity contribution in [2.75, 3.05) is 20.2 Å². The van der Waals surface area contributed by atoms with E-state index in [2.05, 4.69) is 5.32 Å². The van der Waals surface area contributed by atoms with Gasteiger partial charge in [-0.15, -0.1) is 0 Å². The summed E-state index contributed by atoms with van der Waals surface area (Å²) in [6, 6.07) is 4.76. The van der Waals surface area contributed by atoms with Crippen molar-refractivity contribution >= 4 is 27.5 Å². The lowest BCUT2D eigenvalue weighted by Crippen LogP contribution is -2.51. The van der Waals surface area contributed by atoms with Gasteiger partial charge in [-0.1, -0.05) is 24.1 Å². The lowest BCUT2D eigenvalue weighted by molar-refractivity contribution is -0.128. The molecule has 0 radical (unpaired) electrons. The van der Waals surface area contributed by atoms with Gasteiger partial charge in [0.05, 0.1) is 11.0 Å². The van der Waals surface area contributed by atoms with Crippen molar-refractivity contribution in [2.24, 2.45) is 5.92 Å². The molecule has 1 aromatic rings. The van der Waals surface area contributed by atoms with Gasteiger partial charge in [-0.25, -0.2) is 8.42 Å². The summed E-state index contributed by atoms with van der Waals surface area (Å²) in [6.45, 7) is 2.46. The molecular weight excluding hydrogens is 400 g/mol. The monoisotopic (exact) mass is 428 g/mol. The van der Waals surface area contributed by atoms with Crippen LogP contribution in [0.2, 0.25) is 5.02 Å². The minimum Gasteiger partial charge on any atom is -0.381 e. The van der Waals surface area contributed by atoms with Gasteiger partial charge >= 0.3 is 0 Å². The molecule has 0 bridgehead atoms. The predicted molar refractivity (Wildman–Crippen MR) is 109 cm³/mol. The van der Waals surface area contributed by atoms with Crippen LogP contribution in [0.25, 0.3) is 0 Å². The fraction of sp³-hybridized carbons (Fsp3) is 0.650. The third kappa shape index (κ3) is 4.70. The van der Waals surface area contributed by atoms with Gasteiger partial charge in [0.2, 0.25) is 15.9 Å². The van der Waals surface area contributed by atoms with Gasteiger partial charge in [0, 0.05) is 37.2 Å². The summed E-state index contributed by atoms with van der Waals surface area (Å²) in [6.07, 6.45) is 5.21. The van der Waals surface area contributed by atoms with Gasteiger partial charge in [0.25, 0.3) is 0 Å². The van der Waals surface area contributed by atoms with Crippen LogP contribution in [-0.2, 0) is 19.6 Å². The lowest BCUT2D eigenvalue weighted by Gasteiger charge is -2.34. The second kappa shape index (κ2) is 9.11. The number of benzene rings is 1. The van der Waals surface area contributed by atoms with Crippen LogP contribution in [0.3, 0.4) is 0 Å². The molecule has 1 saturated carbocycles. The zero-order chi connectivity index (χ0) is 20.3. The van der Waals surface area contributed by atoms with E-state index in [4.69, 9.17) is 16.3 Å². The number of rotatable bonds is 5. The highest BCUT2D eigenvalue weighted by atomic mass is 35.5. The summed E-state index contributed by atoms with van der Waals surface area (Å²) in [5, 5.41) is 3.52. The van der Waals surface area contributed by atoms with E-state index in [1.165, 1.54) is 4.31 Å². The second-order valence-electron chi connectivity index (χ2n) is 7.80. The number of carbonyl (C=O) groups excluding carboxylic acids is 1. The third-order valence-corrected chi connectivity index (χ3v) is 8.32. The maximum atomic E-state index is 13.1. The Balaban J connectivity index is 1.67. The minimum atomic E-state index is -3.64. The Morgan fingerprint density at radius 2 is 2.04 bits per heavy atom. The summed E-state index contributed by atoms with van der Waals surface area (Å²) in [7, 11) is -1.96. The van der Waals surface area contributed by atoms with Gasteiger partial charge in [0.15, 0.2) is 0 Å². The van der Waals surface area contributed by atoms with E-state index >= 15 is 0 Å². The summed E-state index contributed by atoms with van der Waals surface area (Å²) in [5.41, 5.74) is 0.558. The van der Waals surface area contributed by atoms with Crippen LogP contribution in [0.15, 0.2) is 23.1 Å². The quantitative estimate of drug-likeness (QED) is 0.781. The van der Waals surface area contributed by atoms with Crippen LogP contribution in [0.4, 0.5) is 0 Å². The van der Waals surface area contributed by atoms with Crippen molar-refractivity contribution < 1.29 is 17.9 Å². The van der Waals surface area contributed by atoms with Crippen LogP contribution >= 0.6 is 11.6 Å². The van der Waals surface area contributed by atoms with E-state index in [0.717, 1.165) is 38.5 Å². The molecule has 2 unspecified atom stereocenters. The molecule has 1 heterocycles. The standard InChI is InChI=1S/C20H29ClN2O4S/c1-14-18(21)9-4-10-19(14)28(25,26)23-11-5-7-16(13-23)22-20(24)15-6-3-8-17(12-15)27-2/h4,9-10,15-17H,3,5-8,11-13H2,1-2H3,(H,22,24)/t15?,16-,17?/m0/s1. The molecule has 0 spiro atoms. The van der Waals surface area contributed by atoms with Crippen molar-refractivity contribution in [1.82, 2.24) is 9.62 Å². The van der Waals surface area contributed by atoms with Crippen LogP contribution in [0.5, 0.6) is 0 Å². The zero-order valence-corrected chi connectivity index (χ0v) is 18.1. The molecule has 1 amide bonds. The van der Waals surface area contributed by atoms with Gasteiger partial charge in [-0.3, -0.25) is 4.79 Å². The first-order valence-corrected chi connectivity index (χ1v) is 11.7. The number of amides is 1. The Morgan fingerprint density at radius 3 is 2.79 bits per heavy atom. The summed E-state index contributed by atoms with van der Waals surface area (Å²) >= 11 is 6.12. The molecule has 3 rings (SSSR count). The van der Waals surface area contributed by atoms with Gasteiger partial charge in [-0.2, -0.15) is 4.31 Å². The van der Waals surface area contributed by atoms with Crippen LogP contribution in [0.1, 0.15) is 44.1 Å². The number of halogens is 1. The first-order chi connectivity index (χ1) is 13.3. The highest BCUT2D eigenvalue weighted by Gasteiger charge is 2.34. The predicted octanol–water partition coefficient (Wildman–Crippen LogP) is 3.12. The molecule has 156 valence electrons. The Hall–Kier alpha value is -1.15. The molecule has 6 nitrogen and oxygen atoms in total. The topological polar surface area (TPSA) is 75.7 Å². The van der Waals surface area contributed by atoms with Crippen molar-refractivity contribution in [1.29, 1.82) is 0 Å². The average molecular weight is 429 g/mol. The van der Waals surface area contributed by atoms with Crippen molar-refractivity contribution in [3.05, 3.63) is 28.8 Å². The number of carbonyl (C=O) groups is 1. The summed E-state index contributed by atoms with van der Waals surface area (Å²) < 4.78 is 33.1. The zero-order valence-electron chi connectivity index (χ0n) is 16.5. The number of nitrogens with zero attached hydrogens (tertiary/aromatic N) is 1. The SMILES string of the molecule is COC1CCCC(C(=O)N[C@H]2CCCN(S(=O)(=O)c3cccc(Cl)c3C)C2)C1. The minimum absolute atomic E-state index is 0.0185. The second-order valence-corrected chi connectivity index (χ2v) is 10.1. The Morgan fingerprint density at radius 1 is 1.25 bits per heavy atom. The molecule has 2 fully saturated rings. The van der Waals surface area contributed by atoms with E-state index in [0.29, 0.717) is 23.7 Å². The average Bonchev–Trinajstić information content (AvgIpc) is 2.70. The number of piperidine rings is 1. The summed E-state index contributed by atoms with van der Waals surface area (Å²) in [4.78, 5) is 12.9. The highest BCUT2D eigenvalue weighted by molar-refractivity contribution is 7.89. The van der Waals surface area contributed by atoms with E-state index in [-0.39, 0.29) is 28.9 Å². The number of methoxy groups -OCH3 is 1. The smallest absolute Gasteiger partial charge is 0.243 e. The molecule has 1 aliphatic heterocycles. The van der Waals surface area contributed by atoms with Gasteiger partial charge in [0.1, 0.15) is 0 Å². The van der Waals surface area contributed by atoms with Crippen LogP contribution < -0.4 is 5.32 Å². The van der Waals surface area contributed by atoms with Crippen LogP contribution in [0, 0.1) is 12.8 Å². The van der Waals surface area contributed by atoms with Gasteiger partial charge in [-0.05, 0) is 56.7 Å². The maximum absolute atomic E-state index is 13.1. The lowest BCUT2D eigenvalue weighted by atomic mass is 9.86.